The van der Waals surface area contributed by atoms with Gasteiger partial charge < -0.3 is 9.15 Å². The van der Waals surface area contributed by atoms with Crippen molar-refractivity contribution in [2.24, 2.45) is 11.8 Å². The lowest BCUT2D eigenvalue weighted by Crippen LogP contribution is -2.36. The first kappa shape index (κ1) is 21.0. The fourth-order valence-corrected chi connectivity index (χ4v) is 4.49. The Morgan fingerprint density at radius 2 is 1.74 bits per heavy atom. The Morgan fingerprint density at radius 3 is 2.35 bits per heavy atom. The van der Waals surface area contributed by atoms with Crippen LogP contribution in [0.3, 0.4) is 0 Å². The fourth-order valence-electron chi connectivity index (χ4n) is 4.49. The summed E-state index contributed by atoms with van der Waals surface area (Å²) in [7, 11) is 0. The van der Waals surface area contributed by atoms with Crippen molar-refractivity contribution in [3.05, 3.63) is 57.5 Å². The molecule has 1 aliphatic heterocycles. The van der Waals surface area contributed by atoms with E-state index in [0.29, 0.717) is 29.4 Å². The van der Waals surface area contributed by atoms with Crippen LogP contribution in [-0.2, 0) is 25.7 Å². The Balaban J connectivity index is 1.51. The molecule has 1 saturated heterocycles. The summed E-state index contributed by atoms with van der Waals surface area (Å²) in [5, 5.41) is 0.701. The molecule has 1 aromatic carbocycles. The number of likely N-dealkylation sites (tertiary alicyclic amines) is 1. The minimum atomic E-state index is -0.689. The van der Waals surface area contributed by atoms with E-state index in [2.05, 4.69) is 13.8 Å². The van der Waals surface area contributed by atoms with Crippen LogP contribution in [0.1, 0.15) is 49.3 Å². The smallest absolute Gasteiger partial charge is 0.336 e. The number of fused-ring (bicyclic) bond motifs is 2. The van der Waals surface area contributed by atoms with Crippen LogP contribution < -0.4 is 5.63 Å². The van der Waals surface area contributed by atoms with Gasteiger partial charge in [-0.05, 0) is 48.9 Å². The van der Waals surface area contributed by atoms with Crippen LogP contribution in [0, 0.1) is 18.8 Å². The maximum atomic E-state index is 12.5. The van der Waals surface area contributed by atoms with Crippen molar-refractivity contribution in [1.29, 1.82) is 0 Å². The van der Waals surface area contributed by atoms with Crippen LogP contribution in [0.2, 0.25) is 0 Å². The SMILES string of the molecule is Cc1cc2oc(=O)cc(COC(=O)CN3C(=O)[C@H]4CC=CC[C@@H]4C3=O)c2cc1C(C)C. The van der Waals surface area contributed by atoms with Crippen molar-refractivity contribution in [2.75, 3.05) is 6.54 Å². The summed E-state index contributed by atoms with van der Waals surface area (Å²) >= 11 is 0. The van der Waals surface area contributed by atoms with E-state index in [0.717, 1.165) is 16.0 Å². The van der Waals surface area contributed by atoms with Crippen LogP contribution >= 0.6 is 0 Å². The Hall–Kier alpha value is -3.22. The van der Waals surface area contributed by atoms with Gasteiger partial charge in [-0.25, -0.2) is 4.79 Å². The molecule has 2 amide bonds. The Kier molecular flexibility index (Phi) is 5.52. The molecule has 31 heavy (non-hydrogen) atoms. The molecule has 1 aromatic heterocycles. The van der Waals surface area contributed by atoms with E-state index in [-0.39, 0.29) is 36.2 Å². The second kappa shape index (κ2) is 8.13. The van der Waals surface area contributed by atoms with Gasteiger partial charge in [0.1, 0.15) is 18.7 Å². The molecule has 0 radical (unpaired) electrons. The summed E-state index contributed by atoms with van der Waals surface area (Å²) in [5.41, 5.74) is 2.55. The number of rotatable bonds is 5. The number of hydrogen-bond donors (Lipinski definition) is 0. The maximum Gasteiger partial charge on any atom is 0.336 e. The largest absolute Gasteiger partial charge is 0.459 e. The lowest BCUT2D eigenvalue weighted by atomic mass is 9.85. The molecule has 0 N–H and O–H groups in total. The highest BCUT2D eigenvalue weighted by atomic mass is 16.5. The Morgan fingerprint density at radius 1 is 1.10 bits per heavy atom. The van der Waals surface area contributed by atoms with Gasteiger partial charge in [0, 0.05) is 17.0 Å². The number of nitrogens with zero attached hydrogens (tertiary/aromatic N) is 1. The number of carbonyl (C=O) groups is 3. The predicted molar refractivity (Wildman–Crippen MR) is 113 cm³/mol. The highest BCUT2D eigenvalue weighted by molar-refractivity contribution is 6.07. The third kappa shape index (κ3) is 3.92. The summed E-state index contributed by atoms with van der Waals surface area (Å²) in [4.78, 5) is 50.5. The van der Waals surface area contributed by atoms with Crippen LogP contribution in [0.25, 0.3) is 11.0 Å². The molecule has 2 atom stereocenters. The monoisotopic (exact) mass is 423 g/mol. The number of esters is 1. The molecule has 2 heterocycles. The van der Waals surface area contributed by atoms with E-state index < -0.39 is 18.1 Å². The minimum Gasteiger partial charge on any atom is -0.459 e. The van der Waals surface area contributed by atoms with Crippen molar-refractivity contribution < 1.29 is 23.5 Å². The van der Waals surface area contributed by atoms with Crippen LogP contribution in [-0.4, -0.2) is 29.2 Å². The Bertz CT molecular complexity index is 1130. The molecule has 1 aliphatic carbocycles. The second-order valence-electron chi connectivity index (χ2n) is 8.53. The molecule has 7 heteroatoms. The topological polar surface area (TPSA) is 93.9 Å². The standard InChI is InChI=1S/C24H25NO6/c1-13(2)18-10-19-15(9-21(26)31-20(19)8-14(18)3)12-30-22(27)11-25-23(28)16-6-4-5-7-17(16)24(25)29/h4-5,8-10,13,16-17H,6-7,11-12H2,1-3H3/t16-,17-/m0/s1. The Labute approximate surface area is 179 Å². The second-order valence-corrected chi connectivity index (χ2v) is 8.53. The number of benzene rings is 1. The zero-order valence-electron chi connectivity index (χ0n) is 17.8. The molecule has 4 rings (SSSR count). The molecule has 0 bridgehead atoms. The van der Waals surface area contributed by atoms with Crippen LogP contribution in [0.15, 0.2) is 39.6 Å². The number of allylic oxidation sites excluding steroid dienone is 2. The van der Waals surface area contributed by atoms with E-state index in [1.807, 2.05) is 31.2 Å². The maximum absolute atomic E-state index is 12.5. The van der Waals surface area contributed by atoms with Crippen molar-refractivity contribution in [2.45, 2.75) is 46.1 Å². The van der Waals surface area contributed by atoms with Gasteiger partial charge in [0.05, 0.1) is 11.8 Å². The molecular formula is C24H25NO6. The number of carbonyl (C=O) groups excluding carboxylic acids is 3. The molecule has 2 aliphatic rings. The van der Waals surface area contributed by atoms with E-state index in [4.69, 9.17) is 9.15 Å². The summed E-state index contributed by atoms with van der Waals surface area (Å²) in [6.45, 7) is 5.54. The van der Waals surface area contributed by atoms with Gasteiger partial charge in [-0.2, -0.15) is 0 Å². The number of aryl methyl sites for hydroxylation is 1. The van der Waals surface area contributed by atoms with Crippen molar-refractivity contribution in [3.8, 4) is 0 Å². The molecule has 162 valence electrons. The van der Waals surface area contributed by atoms with Gasteiger partial charge in [-0.1, -0.05) is 26.0 Å². The lowest BCUT2D eigenvalue weighted by Gasteiger charge is -2.15. The van der Waals surface area contributed by atoms with Crippen molar-refractivity contribution in [3.63, 3.8) is 0 Å². The molecule has 0 spiro atoms. The third-order valence-electron chi connectivity index (χ3n) is 6.11. The quantitative estimate of drug-likeness (QED) is 0.317. The third-order valence-corrected chi connectivity index (χ3v) is 6.11. The molecule has 2 aromatic rings. The normalized spacial score (nSPS) is 20.6. The van der Waals surface area contributed by atoms with Gasteiger partial charge in [0.15, 0.2) is 0 Å². The summed E-state index contributed by atoms with van der Waals surface area (Å²) < 4.78 is 10.7. The summed E-state index contributed by atoms with van der Waals surface area (Å²) in [6, 6.07) is 5.07. The predicted octanol–water partition coefficient (Wildman–Crippen LogP) is 3.22. The van der Waals surface area contributed by atoms with E-state index in [1.54, 1.807) is 0 Å². The number of hydrogen-bond acceptors (Lipinski definition) is 6. The number of ether oxygens (including phenoxy) is 1. The first-order valence-corrected chi connectivity index (χ1v) is 10.5. The van der Waals surface area contributed by atoms with Crippen molar-refractivity contribution in [1.82, 2.24) is 4.90 Å². The lowest BCUT2D eigenvalue weighted by molar-refractivity contribution is -0.153. The number of imide groups is 1. The molecule has 1 fully saturated rings. The van der Waals surface area contributed by atoms with Gasteiger partial charge in [0.25, 0.3) is 0 Å². The van der Waals surface area contributed by atoms with E-state index in [1.165, 1.54) is 6.07 Å². The van der Waals surface area contributed by atoms with Crippen molar-refractivity contribution >= 4 is 28.8 Å². The van der Waals surface area contributed by atoms with Crippen LogP contribution in [0.4, 0.5) is 0 Å². The zero-order chi connectivity index (χ0) is 22.3. The summed E-state index contributed by atoms with van der Waals surface area (Å²) in [6.07, 6.45) is 4.83. The minimum absolute atomic E-state index is 0.147. The van der Waals surface area contributed by atoms with Gasteiger partial charge >= 0.3 is 11.6 Å². The van der Waals surface area contributed by atoms with E-state index in [9.17, 15) is 19.2 Å². The summed E-state index contributed by atoms with van der Waals surface area (Å²) in [5.74, 6) is -1.82. The highest BCUT2D eigenvalue weighted by Crippen LogP contribution is 2.35. The average molecular weight is 423 g/mol. The number of amides is 2. The highest BCUT2D eigenvalue weighted by Gasteiger charge is 2.47. The van der Waals surface area contributed by atoms with Gasteiger partial charge in [-0.3, -0.25) is 19.3 Å². The average Bonchev–Trinajstić information content (AvgIpc) is 2.96. The zero-order valence-corrected chi connectivity index (χ0v) is 17.8. The van der Waals surface area contributed by atoms with Gasteiger partial charge in [-0.15, -0.1) is 0 Å². The van der Waals surface area contributed by atoms with E-state index >= 15 is 0 Å². The van der Waals surface area contributed by atoms with Gasteiger partial charge in [0.2, 0.25) is 11.8 Å². The molecule has 0 saturated carbocycles. The molecular weight excluding hydrogens is 398 g/mol. The first-order valence-electron chi connectivity index (χ1n) is 10.5. The molecule has 7 nitrogen and oxygen atoms in total. The molecule has 0 unspecified atom stereocenters. The van der Waals surface area contributed by atoms with Crippen LogP contribution in [0.5, 0.6) is 0 Å². The first-order chi connectivity index (χ1) is 14.8. The fraction of sp³-hybridized carbons (Fsp3) is 0.417.